The Hall–Kier alpha value is -2.07. The third-order valence-electron chi connectivity index (χ3n) is 2.93. The van der Waals surface area contributed by atoms with E-state index in [2.05, 4.69) is 22.5 Å². The minimum Gasteiger partial charge on any atom is -0.385 e. The first-order valence-electron chi connectivity index (χ1n) is 6.96. The van der Waals surface area contributed by atoms with E-state index in [4.69, 9.17) is 11.6 Å². The number of hydrogen-bond acceptors (Lipinski definition) is 3. The molecule has 5 heteroatoms. The van der Waals surface area contributed by atoms with Crippen LogP contribution in [0.5, 0.6) is 0 Å². The van der Waals surface area contributed by atoms with Gasteiger partial charge in [-0.3, -0.25) is 9.78 Å². The quantitative estimate of drug-likeness (QED) is 0.786. The molecule has 110 valence electrons. The van der Waals surface area contributed by atoms with E-state index in [-0.39, 0.29) is 5.91 Å². The molecule has 0 unspecified atom stereocenters. The van der Waals surface area contributed by atoms with Crippen molar-refractivity contribution in [2.45, 2.75) is 19.8 Å². The molecule has 0 atom stereocenters. The summed E-state index contributed by atoms with van der Waals surface area (Å²) in [6, 6.07) is 10.6. The zero-order chi connectivity index (χ0) is 15.1. The van der Waals surface area contributed by atoms with E-state index >= 15 is 0 Å². The van der Waals surface area contributed by atoms with Crippen LogP contribution < -0.4 is 10.6 Å². The van der Waals surface area contributed by atoms with Gasteiger partial charge in [0.15, 0.2) is 0 Å². The number of amides is 1. The van der Waals surface area contributed by atoms with Crippen molar-refractivity contribution in [3.63, 3.8) is 0 Å². The highest BCUT2D eigenvalue weighted by Crippen LogP contribution is 2.16. The number of hydrogen-bond donors (Lipinski definition) is 2. The van der Waals surface area contributed by atoms with Crippen molar-refractivity contribution >= 4 is 28.9 Å². The van der Waals surface area contributed by atoms with Crippen molar-refractivity contribution in [3.8, 4) is 0 Å². The molecule has 0 radical (unpaired) electrons. The largest absolute Gasteiger partial charge is 0.385 e. The second-order valence-corrected chi connectivity index (χ2v) is 5.11. The molecule has 2 N–H and O–H groups in total. The Bertz CT molecular complexity index is 616. The molecule has 0 spiro atoms. The number of aromatic nitrogens is 1. The van der Waals surface area contributed by atoms with Gasteiger partial charge in [-0.1, -0.05) is 31.0 Å². The SMILES string of the molecule is CCCCNc1ccnc(C(=O)Nc2cccc(Cl)c2)c1. The summed E-state index contributed by atoms with van der Waals surface area (Å²) >= 11 is 5.89. The summed E-state index contributed by atoms with van der Waals surface area (Å²) < 4.78 is 0. The van der Waals surface area contributed by atoms with E-state index < -0.39 is 0 Å². The molecule has 0 aliphatic heterocycles. The first-order chi connectivity index (χ1) is 10.2. The average molecular weight is 304 g/mol. The average Bonchev–Trinajstić information content (AvgIpc) is 2.48. The lowest BCUT2D eigenvalue weighted by atomic mass is 10.2. The number of halogens is 1. The minimum absolute atomic E-state index is 0.253. The van der Waals surface area contributed by atoms with Gasteiger partial charge in [0.2, 0.25) is 0 Å². The zero-order valence-electron chi connectivity index (χ0n) is 11.9. The lowest BCUT2D eigenvalue weighted by Gasteiger charge is -2.08. The molecule has 0 aliphatic rings. The van der Waals surface area contributed by atoms with Crippen LogP contribution in [0.4, 0.5) is 11.4 Å². The monoisotopic (exact) mass is 303 g/mol. The summed E-state index contributed by atoms with van der Waals surface area (Å²) in [4.78, 5) is 16.3. The first-order valence-corrected chi connectivity index (χ1v) is 7.33. The van der Waals surface area contributed by atoms with Crippen molar-refractivity contribution in [1.82, 2.24) is 4.98 Å². The van der Waals surface area contributed by atoms with Crippen LogP contribution in [0.25, 0.3) is 0 Å². The Kier molecular flexibility index (Phi) is 5.58. The Morgan fingerprint density at radius 3 is 2.86 bits per heavy atom. The van der Waals surface area contributed by atoms with Crippen LogP contribution in [-0.2, 0) is 0 Å². The van der Waals surface area contributed by atoms with Gasteiger partial charge in [0, 0.05) is 29.1 Å². The van der Waals surface area contributed by atoms with E-state index in [1.54, 1.807) is 36.5 Å². The van der Waals surface area contributed by atoms with Crippen LogP contribution in [0, 0.1) is 0 Å². The van der Waals surface area contributed by atoms with E-state index in [1.165, 1.54) is 0 Å². The number of carbonyl (C=O) groups excluding carboxylic acids is 1. The Morgan fingerprint density at radius 1 is 1.24 bits per heavy atom. The highest BCUT2D eigenvalue weighted by Gasteiger charge is 2.08. The molecule has 21 heavy (non-hydrogen) atoms. The van der Waals surface area contributed by atoms with Crippen LogP contribution in [-0.4, -0.2) is 17.4 Å². The maximum Gasteiger partial charge on any atom is 0.274 e. The van der Waals surface area contributed by atoms with Gasteiger partial charge in [0.25, 0.3) is 5.91 Å². The van der Waals surface area contributed by atoms with Gasteiger partial charge >= 0.3 is 0 Å². The molecular formula is C16H18ClN3O. The van der Waals surface area contributed by atoms with Gasteiger partial charge in [-0.25, -0.2) is 0 Å². The molecule has 2 rings (SSSR count). The van der Waals surface area contributed by atoms with Crippen molar-refractivity contribution in [2.24, 2.45) is 0 Å². The van der Waals surface area contributed by atoms with Crippen LogP contribution in [0.1, 0.15) is 30.3 Å². The summed E-state index contributed by atoms with van der Waals surface area (Å²) in [6.45, 7) is 3.02. The first kappa shape index (κ1) is 15.3. The Labute approximate surface area is 129 Å². The summed E-state index contributed by atoms with van der Waals surface area (Å²) in [5.41, 5.74) is 1.92. The smallest absolute Gasteiger partial charge is 0.274 e. The molecule has 1 aromatic carbocycles. The summed E-state index contributed by atoms with van der Waals surface area (Å²) in [5.74, 6) is -0.253. The van der Waals surface area contributed by atoms with E-state index in [9.17, 15) is 4.79 Å². The lowest BCUT2D eigenvalue weighted by molar-refractivity contribution is 0.102. The number of benzene rings is 1. The van der Waals surface area contributed by atoms with Crippen LogP contribution in [0.15, 0.2) is 42.6 Å². The van der Waals surface area contributed by atoms with Crippen molar-refractivity contribution in [3.05, 3.63) is 53.3 Å². The second kappa shape index (κ2) is 7.64. The van der Waals surface area contributed by atoms with Gasteiger partial charge in [0.05, 0.1) is 0 Å². The minimum atomic E-state index is -0.253. The standard InChI is InChI=1S/C16H18ClN3O/c1-2-3-8-18-13-7-9-19-15(11-13)16(21)20-14-6-4-5-12(17)10-14/h4-7,9-11H,2-3,8H2,1H3,(H,18,19)(H,20,21). The van der Waals surface area contributed by atoms with E-state index in [0.717, 1.165) is 25.1 Å². The predicted molar refractivity (Wildman–Crippen MR) is 87.0 cm³/mol. The molecule has 0 fully saturated rings. The number of pyridine rings is 1. The van der Waals surface area contributed by atoms with Gasteiger partial charge in [-0.05, 0) is 36.8 Å². The fourth-order valence-corrected chi connectivity index (χ4v) is 2.03. The molecular weight excluding hydrogens is 286 g/mol. The number of nitrogens with one attached hydrogen (secondary N) is 2. The highest BCUT2D eigenvalue weighted by atomic mass is 35.5. The normalized spacial score (nSPS) is 10.2. The van der Waals surface area contributed by atoms with E-state index in [0.29, 0.717) is 16.4 Å². The number of carbonyl (C=O) groups is 1. The Morgan fingerprint density at radius 2 is 2.10 bits per heavy atom. The number of anilines is 2. The molecule has 0 bridgehead atoms. The fourth-order valence-electron chi connectivity index (χ4n) is 1.84. The number of unbranched alkanes of at least 4 members (excludes halogenated alkanes) is 1. The predicted octanol–water partition coefficient (Wildman–Crippen LogP) is 4.20. The number of nitrogens with zero attached hydrogens (tertiary/aromatic N) is 1. The van der Waals surface area contributed by atoms with E-state index in [1.807, 2.05) is 6.07 Å². The summed E-state index contributed by atoms with van der Waals surface area (Å²) in [7, 11) is 0. The fraction of sp³-hybridized carbons (Fsp3) is 0.250. The third-order valence-corrected chi connectivity index (χ3v) is 3.17. The van der Waals surface area contributed by atoms with Gasteiger partial charge in [-0.2, -0.15) is 0 Å². The molecule has 1 heterocycles. The highest BCUT2D eigenvalue weighted by molar-refractivity contribution is 6.30. The lowest BCUT2D eigenvalue weighted by Crippen LogP contribution is -2.14. The van der Waals surface area contributed by atoms with Crippen LogP contribution >= 0.6 is 11.6 Å². The van der Waals surface area contributed by atoms with Crippen LogP contribution in [0.2, 0.25) is 5.02 Å². The molecule has 0 saturated heterocycles. The summed E-state index contributed by atoms with van der Waals surface area (Å²) in [6.07, 6.45) is 3.84. The molecule has 1 aromatic heterocycles. The van der Waals surface area contributed by atoms with Crippen LogP contribution in [0.3, 0.4) is 0 Å². The number of rotatable bonds is 6. The molecule has 1 amide bonds. The maximum absolute atomic E-state index is 12.2. The maximum atomic E-state index is 12.2. The molecule has 0 saturated carbocycles. The van der Waals surface area contributed by atoms with Crippen molar-refractivity contribution in [1.29, 1.82) is 0 Å². The molecule has 4 nitrogen and oxygen atoms in total. The topological polar surface area (TPSA) is 54.0 Å². The zero-order valence-corrected chi connectivity index (χ0v) is 12.7. The van der Waals surface area contributed by atoms with Gasteiger partial charge in [0.1, 0.15) is 5.69 Å². The molecule has 2 aromatic rings. The van der Waals surface area contributed by atoms with Gasteiger partial charge in [-0.15, -0.1) is 0 Å². The second-order valence-electron chi connectivity index (χ2n) is 4.67. The Balaban J connectivity index is 2.03. The van der Waals surface area contributed by atoms with Gasteiger partial charge < -0.3 is 10.6 Å². The summed E-state index contributed by atoms with van der Waals surface area (Å²) in [5, 5.41) is 6.63. The van der Waals surface area contributed by atoms with Crippen molar-refractivity contribution < 1.29 is 4.79 Å². The third kappa shape index (κ3) is 4.76. The molecule has 0 aliphatic carbocycles. The van der Waals surface area contributed by atoms with Crippen molar-refractivity contribution in [2.75, 3.05) is 17.2 Å².